The fourth-order valence-corrected chi connectivity index (χ4v) is 3.81. The van der Waals surface area contributed by atoms with Gasteiger partial charge in [-0.05, 0) is 23.6 Å². The molecule has 0 fully saturated rings. The molecule has 3 heteroatoms. The third kappa shape index (κ3) is 3.25. The van der Waals surface area contributed by atoms with E-state index in [9.17, 15) is 0 Å². The minimum atomic E-state index is -0.513. The summed E-state index contributed by atoms with van der Waals surface area (Å²) in [6.45, 7) is 3.19. The Hall–Kier alpha value is -3.17. The van der Waals surface area contributed by atoms with Crippen molar-refractivity contribution >= 4 is 0 Å². The summed E-state index contributed by atoms with van der Waals surface area (Å²) in [5, 5.41) is 0. The molecule has 0 amide bonds. The van der Waals surface area contributed by atoms with Gasteiger partial charge in [0.05, 0.1) is 18.6 Å². The first-order valence-corrected chi connectivity index (χ1v) is 9.63. The molecule has 0 unspecified atom stereocenters. The van der Waals surface area contributed by atoms with E-state index in [4.69, 9.17) is 4.74 Å². The van der Waals surface area contributed by atoms with Crippen LogP contribution in [-0.4, -0.2) is 16.2 Å². The zero-order chi connectivity index (χ0) is 19.2. The highest BCUT2D eigenvalue weighted by Gasteiger charge is 2.38. The molecule has 0 bridgehead atoms. The van der Waals surface area contributed by atoms with E-state index in [0.717, 1.165) is 5.69 Å². The minimum absolute atomic E-state index is 0.512. The maximum atomic E-state index is 5.59. The quantitative estimate of drug-likeness (QED) is 0.416. The van der Waals surface area contributed by atoms with Crippen LogP contribution in [0.3, 0.4) is 0 Å². The predicted octanol–water partition coefficient (Wildman–Crippen LogP) is 5.26. The van der Waals surface area contributed by atoms with Gasteiger partial charge in [-0.3, -0.25) is 0 Å². The number of imidazole rings is 1. The van der Waals surface area contributed by atoms with Crippen LogP contribution in [0.15, 0.2) is 104 Å². The van der Waals surface area contributed by atoms with Gasteiger partial charge in [-0.25, -0.2) is 4.98 Å². The van der Waals surface area contributed by atoms with Gasteiger partial charge in [-0.15, -0.1) is 0 Å². The molecule has 0 N–H and O–H groups in total. The first-order valence-electron chi connectivity index (χ1n) is 9.63. The van der Waals surface area contributed by atoms with Crippen LogP contribution in [0.25, 0.3) is 0 Å². The van der Waals surface area contributed by atoms with Gasteiger partial charge in [-0.2, -0.15) is 0 Å². The second-order valence-corrected chi connectivity index (χ2v) is 6.72. The molecule has 0 atom stereocenters. The normalized spacial score (nSPS) is 11.5. The van der Waals surface area contributed by atoms with E-state index >= 15 is 0 Å². The summed E-state index contributed by atoms with van der Waals surface area (Å²) in [6.07, 6.45) is 4.02. The molecule has 0 saturated heterocycles. The molecule has 0 radical (unpaired) electrons. The molecular weight excluding hydrogens is 344 g/mol. The van der Waals surface area contributed by atoms with Gasteiger partial charge >= 0.3 is 0 Å². The zero-order valence-corrected chi connectivity index (χ0v) is 16.0. The average molecular weight is 368 g/mol. The molecular formula is C25H24N2O. The Kier molecular flexibility index (Phi) is 5.36. The lowest BCUT2D eigenvalue weighted by Gasteiger charge is -2.37. The van der Waals surface area contributed by atoms with E-state index in [2.05, 4.69) is 107 Å². The van der Waals surface area contributed by atoms with E-state index < -0.39 is 5.54 Å². The topological polar surface area (TPSA) is 27.1 Å². The molecule has 0 aliphatic heterocycles. The summed E-state index contributed by atoms with van der Waals surface area (Å²) in [5.41, 5.74) is 3.98. The second kappa shape index (κ2) is 8.24. The summed E-state index contributed by atoms with van der Waals surface area (Å²) in [4.78, 5) is 4.63. The summed E-state index contributed by atoms with van der Waals surface area (Å²) >= 11 is 0. The van der Waals surface area contributed by atoms with Crippen molar-refractivity contribution in [1.29, 1.82) is 0 Å². The predicted molar refractivity (Wildman–Crippen MR) is 112 cm³/mol. The van der Waals surface area contributed by atoms with Crippen LogP contribution in [0.2, 0.25) is 0 Å². The lowest BCUT2D eigenvalue weighted by molar-refractivity contribution is 0.131. The van der Waals surface area contributed by atoms with Gasteiger partial charge < -0.3 is 9.30 Å². The Labute approximate surface area is 166 Å². The molecule has 1 heterocycles. The summed E-state index contributed by atoms with van der Waals surface area (Å²) in [7, 11) is 0. The van der Waals surface area contributed by atoms with E-state index in [1.165, 1.54) is 16.7 Å². The fourth-order valence-electron chi connectivity index (χ4n) is 3.81. The average Bonchev–Trinajstić information content (AvgIpc) is 3.24. The number of hydrogen-bond acceptors (Lipinski definition) is 2. The summed E-state index contributed by atoms with van der Waals surface area (Å²) < 4.78 is 7.80. The molecule has 3 aromatic carbocycles. The molecule has 4 aromatic rings. The number of nitrogens with zero attached hydrogens (tertiary/aromatic N) is 2. The number of hydrogen-bond donors (Lipinski definition) is 0. The van der Waals surface area contributed by atoms with Gasteiger partial charge in [0.15, 0.2) is 0 Å². The zero-order valence-electron chi connectivity index (χ0n) is 16.0. The largest absolute Gasteiger partial charge is 0.375 e. The van der Waals surface area contributed by atoms with Crippen LogP contribution in [0.1, 0.15) is 29.3 Å². The monoisotopic (exact) mass is 368 g/mol. The lowest BCUT2D eigenvalue weighted by atomic mass is 9.77. The molecule has 28 heavy (non-hydrogen) atoms. The van der Waals surface area contributed by atoms with E-state index in [1.54, 1.807) is 0 Å². The Morgan fingerprint density at radius 2 is 1.21 bits per heavy atom. The Morgan fingerprint density at radius 3 is 1.64 bits per heavy atom. The minimum Gasteiger partial charge on any atom is -0.375 e. The molecule has 1 aromatic heterocycles. The SMILES string of the molecule is CCOCc1cn(C(c2ccccc2)(c2ccccc2)c2ccccc2)cn1. The van der Waals surface area contributed by atoms with Crippen molar-refractivity contribution in [3.05, 3.63) is 126 Å². The molecule has 0 spiro atoms. The van der Waals surface area contributed by atoms with Crippen molar-refractivity contribution in [2.24, 2.45) is 0 Å². The summed E-state index contributed by atoms with van der Waals surface area (Å²) in [5.74, 6) is 0. The van der Waals surface area contributed by atoms with E-state index in [0.29, 0.717) is 13.2 Å². The molecule has 0 saturated carbocycles. The Morgan fingerprint density at radius 1 is 0.750 bits per heavy atom. The molecule has 4 rings (SSSR count). The van der Waals surface area contributed by atoms with Crippen molar-refractivity contribution in [2.45, 2.75) is 19.1 Å². The summed E-state index contributed by atoms with van der Waals surface area (Å²) in [6, 6.07) is 31.8. The highest BCUT2D eigenvalue weighted by molar-refractivity contribution is 5.50. The van der Waals surface area contributed by atoms with Crippen LogP contribution in [0, 0.1) is 0 Å². The number of rotatable bonds is 7. The molecule has 3 nitrogen and oxygen atoms in total. The molecule has 0 aliphatic carbocycles. The molecule has 0 aliphatic rings. The van der Waals surface area contributed by atoms with Crippen molar-refractivity contribution in [3.8, 4) is 0 Å². The maximum Gasteiger partial charge on any atom is 0.121 e. The number of aromatic nitrogens is 2. The third-order valence-electron chi connectivity index (χ3n) is 5.05. The Balaban J connectivity index is 2.00. The van der Waals surface area contributed by atoms with Crippen molar-refractivity contribution in [1.82, 2.24) is 9.55 Å². The van der Waals surface area contributed by atoms with Crippen molar-refractivity contribution in [3.63, 3.8) is 0 Å². The van der Waals surface area contributed by atoms with E-state index in [1.807, 2.05) is 13.3 Å². The first-order chi connectivity index (χ1) is 13.9. The standard InChI is InChI=1S/C25H24N2O/c1-2-28-19-24-18-27(20-26-24)25(21-12-6-3-7-13-21,22-14-8-4-9-15-22)23-16-10-5-11-17-23/h3-18,20H,2,19H2,1H3. The third-order valence-corrected chi connectivity index (χ3v) is 5.05. The van der Waals surface area contributed by atoms with Gasteiger partial charge in [0.2, 0.25) is 0 Å². The Bertz CT molecular complexity index is 898. The van der Waals surface area contributed by atoms with Gasteiger partial charge in [0.1, 0.15) is 5.54 Å². The van der Waals surface area contributed by atoms with Crippen LogP contribution in [0.5, 0.6) is 0 Å². The fraction of sp³-hybridized carbons (Fsp3) is 0.160. The maximum absolute atomic E-state index is 5.59. The highest BCUT2D eigenvalue weighted by atomic mass is 16.5. The number of benzene rings is 3. The van der Waals surface area contributed by atoms with Gasteiger partial charge in [0.25, 0.3) is 0 Å². The van der Waals surface area contributed by atoms with Gasteiger partial charge in [0, 0.05) is 12.8 Å². The highest BCUT2D eigenvalue weighted by Crippen LogP contribution is 2.40. The number of ether oxygens (including phenoxy) is 1. The van der Waals surface area contributed by atoms with Crippen LogP contribution in [0.4, 0.5) is 0 Å². The lowest BCUT2D eigenvalue weighted by Crippen LogP contribution is -2.36. The van der Waals surface area contributed by atoms with Gasteiger partial charge in [-0.1, -0.05) is 91.0 Å². The smallest absolute Gasteiger partial charge is 0.121 e. The first kappa shape index (κ1) is 18.2. The second-order valence-electron chi connectivity index (χ2n) is 6.72. The molecule has 140 valence electrons. The van der Waals surface area contributed by atoms with Crippen molar-refractivity contribution in [2.75, 3.05) is 6.61 Å². The van der Waals surface area contributed by atoms with Crippen molar-refractivity contribution < 1.29 is 4.74 Å². The van der Waals surface area contributed by atoms with E-state index in [-0.39, 0.29) is 0 Å². The van der Waals surface area contributed by atoms with Crippen LogP contribution in [-0.2, 0) is 16.9 Å². The van der Waals surface area contributed by atoms with Crippen LogP contribution >= 0.6 is 0 Å². The van der Waals surface area contributed by atoms with Crippen LogP contribution < -0.4 is 0 Å².